The molecule has 23 heavy (non-hydrogen) atoms. The Kier molecular flexibility index (Phi) is 14.6. The van der Waals surface area contributed by atoms with E-state index in [9.17, 15) is 14.9 Å². The van der Waals surface area contributed by atoms with Crippen molar-refractivity contribution in [3.05, 3.63) is 22.3 Å². The summed E-state index contributed by atoms with van der Waals surface area (Å²) in [5.74, 6) is -0.923. The lowest BCUT2D eigenvalue weighted by Gasteiger charge is -2.09. The number of carboxylic acids is 1. The summed E-state index contributed by atoms with van der Waals surface area (Å²) in [6.45, 7) is 2.20. The lowest BCUT2D eigenvalue weighted by molar-refractivity contribution is -0.524. The standard InChI is InChI=1S/C18H33NO4/c1-2-3-4-5-6-8-11-14-17(19(22)23)15-12-9-7-10-13-16-18(20)21/h13,16-17H,2-12,14-15H2,1H3,(H,20,21). The number of nitrogens with zero attached hydrogens (tertiary/aromatic N) is 1. The minimum Gasteiger partial charge on any atom is -0.478 e. The van der Waals surface area contributed by atoms with Crippen LogP contribution in [0.25, 0.3) is 0 Å². The smallest absolute Gasteiger partial charge is 0.327 e. The number of nitro groups is 1. The molecule has 5 nitrogen and oxygen atoms in total. The minimum atomic E-state index is -0.923. The van der Waals surface area contributed by atoms with Crippen LogP contribution >= 0.6 is 0 Å². The molecule has 0 bridgehead atoms. The Balaban J connectivity index is 3.62. The summed E-state index contributed by atoms with van der Waals surface area (Å²) in [7, 11) is 0. The van der Waals surface area contributed by atoms with Gasteiger partial charge in [-0.05, 0) is 25.7 Å². The molecule has 0 radical (unpaired) electrons. The van der Waals surface area contributed by atoms with E-state index >= 15 is 0 Å². The van der Waals surface area contributed by atoms with Crippen molar-refractivity contribution in [1.29, 1.82) is 0 Å². The number of hydrogen-bond acceptors (Lipinski definition) is 3. The Morgan fingerprint density at radius 3 is 2.04 bits per heavy atom. The van der Waals surface area contributed by atoms with E-state index in [0.717, 1.165) is 44.6 Å². The van der Waals surface area contributed by atoms with Crippen LogP contribution in [0, 0.1) is 10.1 Å². The first-order valence-electron chi connectivity index (χ1n) is 9.10. The highest BCUT2D eigenvalue weighted by Gasteiger charge is 2.18. The fourth-order valence-electron chi connectivity index (χ4n) is 2.70. The summed E-state index contributed by atoms with van der Waals surface area (Å²) < 4.78 is 0. The molecule has 0 heterocycles. The van der Waals surface area contributed by atoms with Gasteiger partial charge in [0.05, 0.1) is 0 Å². The van der Waals surface area contributed by atoms with Gasteiger partial charge in [0.25, 0.3) is 0 Å². The first-order valence-corrected chi connectivity index (χ1v) is 9.10. The van der Waals surface area contributed by atoms with Crippen LogP contribution in [0.15, 0.2) is 12.2 Å². The maximum absolute atomic E-state index is 11.1. The first-order chi connectivity index (χ1) is 11.1. The Bertz CT molecular complexity index is 342. The van der Waals surface area contributed by atoms with Gasteiger partial charge in [-0.1, -0.05) is 57.9 Å². The zero-order valence-electron chi connectivity index (χ0n) is 14.5. The molecule has 0 amide bonds. The highest BCUT2D eigenvalue weighted by molar-refractivity contribution is 5.79. The topological polar surface area (TPSA) is 80.4 Å². The summed E-state index contributed by atoms with van der Waals surface area (Å²) in [5.41, 5.74) is 0. The monoisotopic (exact) mass is 327 g/mol. The van der Waals surface area contributed by atoms with Gasteiger partial charge < -0.3 is 5.11 Å². The molecule has 0 aliphatic carbocycles. The van der Waals surface area contributed by atoms with Crippen LogP contribution < -0.4 is 0 Å². The molecule has 0 saturated carbocycles. The van der Waals surface area contributed by atoms with Crippen molar-refractivity contribution in [2.24, 2.45) is 0 Å². The average molecular weight is 327 g/mol. The average Bonchev–Trinajstić information content (AvgIpc) is 2.50. The van der Waals surface area contributed by atoms with Gasteiger partial charge in [-0.25, -0.2) is 4.79 Å². The second-order valence-corrected chi connectivity index (χ2v) is 6.23. The molecular weight excluding hydrogens is 294 g/mol. The van der Waals surface area contributed by atoms with Crippen molar-refractivity contribution in [2.75, 3.05) is 0 Å². The van der Waals surface area contributed by atoms with Gasteiger partial charge in [-0.2, -0.15) is 0 Å². The number of rotatable bonds is 16. The first kappa shape index (κ1) is 21.6. The van der Waals surface area contributed by atoms with Gasteiger partial charge in [0.2, 0.25) is 6.04 Å². The van der Waals surface area contributed by atoms with Gasteiger partial charge >= 0.3 is 5.97 Å². The molecule has 1 N–H and O–H groups in total. The second kappa shape index (κ2) is 15.5. The van der Waals surface area contributed by atoms with E-state index < -0.39 is 12.0 Å². The van der Waals surface area contributed by atoms with Crippen LogP contribution in [-0.2, 0) is 4.79 Å². The lowest BCUT2D eigenvalue weighted by atomic mass is 10.0. The van der Waals surface area contributed by atoms with E-state index in [0.29, 0.717) is 12.8 Å². The third-order valence-corrected chi connectivity index (χ3v) is 4.11. The summed E-state index contributed by atoms with van der Waals surface area (Å²) in [4.78, 5) is 21.2. The highest BCUT2D eigenvalue weighted by Crippen LogP contribution is 2.15. The molecule has 0 rings (SSSR count). The summed E-state index contributed by atoms with van der Waals surface area (Å²) in [5, 5.41) is 19.5. The van der Waals surface area contributed by atoms with E-state index in [1.54, 1.807) is 6.08 Å². The zero-order valence-corrected chi connectivity index (χ0v) is 14.5. The molecule has 1 unspecified atom stereocenters. The quantitative estimate of drug-likeness (QED) is 0.179. The molecule has 0 saturated heterocycles. The maximum atomic E-state index is 11.1. The third-order valence-electron chi connectivity index (χ3n) is 4.11. The zero-order chi connectivity index (χ0) is 17.3. The third kappa shape index (κ3) is 15.3. The van der Waals surface area contributed by atoms with Crippen molar-refractivity contribution in [1.82, 2.24) is 0 Å². The van der Waals surface area contributed by atoms with E-state index in [1.807, 2.05) is 0 Å². The van der Waals surface area contributed by atoms with Crippen molar-refractivity contribution in [3.8, 4) is 0 Å². The number of hydrogen-bond donors (Lipinski definition) is 1. The molecule has 134 valence electrons. The number of allylic oxidation sites excluding steroid dienone is 1. The van der Waals surface area contributed by atoms with E-state index in [4.69, 9.17) is 5.11 Å². The maximum Gasteiger partial charge on any atom is 0.327 e. The van der Waals surface area contributed by atoms with Crippen LogP contribution in [0.3, 0.4) is 0 Å². The van der Waals surface area contributed by atoms with E-state index in [1.165, 1.54) is 32.1 Å². The van der Waals surface area contributed by atoms with Crippen LogP contribution in [0.4, 0.5) is 0 Å². The fraction of sp³-hybridized carbons (Fsp3) is 0.833. The van der Waals surface area contributed by atoms with Crippen molar-refractivity contribution >= 4 is 5.97 Å². The number of carbonyl (C=O) groups is 1. The lowest BCUT2D eigenvalue weighted by Crippen LogP contribution is -2.19. The summed E-state index contributed by atoms with van der Waals surface area (Å²) >= 11 is 0. The van der Waals surface area contributed by atoms with Gasteiger partial charge in [0.1, 0.15) is 0 Å². The predicted molar refractivity (Wildman–Crippen MR) is 93.3 cm³/mol. The Labute approximate surface area is 140 Å². The summed E-state index contributed by atoms with van der Waals surface area (Å²) in [6, 6.07) is -0.403. The van der Waals surface area contributed by atoms with Gasteiger partial charge in [0.15, 0.2) is 0 Å². The van der Waals surface area contributed by atoms with Crippen molar-refractivity contribution in [3.63, 3.8) is 0 Å². The van der Waals surface area contributed by atoms with Crippen LogP contribution in [0.5, 0.6) is 0 Å². The predicted octanol–water partition coefficient (Wildman–Crippen LogP) is 5.36. The Hall–Kier alpha value is -1.39. The Morgan fingerprint density at radius 2 is 1.52 bits per heavy atom. The largest absolute Gasteiger partial charge is 0.478 e. The van der Waals surface area contributed by atoms with Gasteiger partial charge in [-0.3, -0.25) is 10.1 Å². The molecule has 1 atom stereocenters. The summed E-state index contributed by atoms with van der Waals surface area (Å²) in [6.07, 6.45) is 15.9. The fourth-order valence-corrected chi connectivity index (χ4v) is 2.70. The second-order valence-electron chi connectivity index (χ2n) is 6.23. The van der Waals surface area contributed by atoms with Crippen molar-refractivity contribution < 1.29 is 14.8 Å². The minimum absolute atomic E-state index is 0.124. The highest BCUT2D eigenvalue weighted by atomic mass is 16.6. The molecule has 5 heteroatoms. The molecule has 0 aromatic carbocycles. The van der Waals surface area contributed by atoms with E-state index in [2.05, 4.69) is 6.92 Å². The van der Waals surface area contributed by atoms with Crippen LogP contribution in [0.2, 0.25) is 0 Å². The molecule has 0 aromatic heterocycles. The molecule has 0 spiro atoms. The molecule has 0 aliphatic rings. The molecule has 0 fully saturated rings. The molecular formula is C18H33NO4. The number of aliphatic carboxylic acids is 1. The molecule has 0 aliphatic heterocycles. The van der Waals surface area contributed by atoms with Gasteiger partial charge in [-0.15, -0.1) is 0 Å². The number of carboxylic acid groups (broad SMARTS) is 1. The van der Waals surface area contributed by atoms with E-state index in [-0.39, 0.29) is 4.92 Å². The van der Waals surface area contributed by atoms with Crippen LogP contribution in [-0.4, -0.2) is 22.0 Å². The number of unbranched alkanes of at least 4 members (excludes halogenated alkanes) is 9. The van der Waals surface area contributed by atoms with Crippen molar-refractivity contribution in [2.45, 2.75) is 96.4 Å². The van der Waals surface area contributed by atoms with Crippen LogP contribution in [0.1, 0.15) is 90.4 Å². The molecule has 0 aromatic rings. The van der Waals surface area contributed by atoms with Gasteiger partial charge in [0, 0.05) is 23.8 Å². The SMILES string of the molecule is CCCCCCCCCC(CCCCCC=CC(=O)O)[N+](=O)[O-]. The normalized spacial score (nSPS) is 12.6. The Morgan fingerprint density at radius 1 is 1.00 bits per heavy atom.